The first-order valence-electron chi connectivity index (χ1n) is 12.7. The molecule has 0 amide bonds. The molecular formula is C28H26N8O4. The standard InChI is InChI=1S/C28H26N8O4/c1-15(2)33-25(37)21(11-17-13-31-23-19(17)7-5-9-29-23)35(27(33)39)36-22(26(38)34(16(3)4)28(36)40)12-18-14-32-24-20(18)8-6-10-30-24/h5-16,37-38H,1-4H3. The normalized spacial score (nSPS) is 15.8. The van der Waals surface area contributed by atoms with E-state index in [0.717, 1.165) is 9.35 Å². The zero-order chi connectivity index (χ0) is 28.3. The fraction of sp³-hybridized carbons (Fsp3) is 0.214. The van der Waals surface area contributed by atoms with Crippen molar-refractivity contribution in [3.05, 3.63) is 80.1 Å². The van der Waals surface area contributed by atoms with E-state index in [0.29, 0.717) is 33.9 Å². The Morgan fingerprint density at radius 1 is 0.700 bits per heavy atom. The van der Waals surface area contributed by atoms with E-state index in [4.69, 9.17) is 0 Å². The topological polar surface area (TPSA) is 145 Å². The van der Waals surface area contributed by atoms with Gasteiger partial charge in [0.1, 0.15) is 11.4 Å². The summed E-state index contributed by atoms with van der Waals surface area (Å²) in [6.07, 6.45) is 9.57. The number of aromatic nitrogens is 6. The van der Waals surface area contributed by atoms with Crippen LogP contribution in [-0.4, -0.2) is 51.1 Å². The molecule has 0 atom stereocenters. The number of imidazole rings is 2. The summed E-state index contributed by atoms with van der Waals surface area (Å²) in [7, 11) is 0. The van der Waals surface area contributed by atoms with Gasteiger partial charge in [0.25, 0.3) is 0 Å². The van der Waals surface area contributed by atoms with Crippen molar-refractivity contribution in [2.24, 2.45) is 9.98 Å². The molecule has 6 rings (SSSR count). The van der Waals surface area contributed by atoms with Gasteiger partial charge < -0.3 is 10.2 Å². The number of nitrogens with zero attached hydrogens (tertiary/aromatic N) is 8. The van der Waals surface area contributed by atoms with Gasteiger partial charge in [-0.3, -0.25) is 9.13 Å². The predicted molar refractivity (Wildman–Crippen MR) is 153 cm³/mol. The van der Waals surface area contributed by atoms with Crippen molar-refractivity contribution in [1.29, 1.82) is 0 Å². The monoisotopic (exact) mass is 538 g/mol. The van der Waals surface area contributed by atoms with Crippen molar-refractivity contribution in [2.75, 3.05) is 0 Å². The van der Waals surface area contributed by atoms with Gasteiger partial charge in [-0.05, 0) is 64.1 Å². The third kappa shape index (κ3) is 3.67. The van der Waals surface area contributed by atoms with Gasteiger partial charge in [0.2, 0.25) is 11.8 Å². The molecule has 0 aromatic carbocycles. The Kier molecular flexibility index (Phi) is 5.75. The fourth-order valence-corrected chi connectivity index (χ4v) is 4.97. The number of fused-ring (bicyclic) bond motifs is 2. The molecule has 202 valence electrons. The lowest BCUT2D eigenvalue weighted by molar-refractivity contribution is 0.393. The molecule has 0 fully saturated rings. The Morgan fingerprint density at radius 2 is 1.10 bits per heavy atom. The van der Waals surface area contributed by atoms with Crippen LogP contribution in [0.25, 0.3) is 23.3 Å². The fourth-order valence-electron chi connectivity index (χ4n) is 4.97. The molecule has 0 saturated heterocycles. The summed E-state index contributed by atoms with van der Waals surface area (Å²) >= 11 is 0. The summed E-state index contributed by atoms with van der Waals surface area (Å²) < 4.78 is 4.53. The lowest BCUT2D eigenvalue weighted by atomic mass is 10.1. The highest BCUT2D eigenvalue weighted by Crippen LogP contribution is 2.35. The zero-order valence-electron chi connectivity index (χ0n) is 22.2. The largest absolute Gasteiger partial charge is 0.493 e. The molecule has 12 nitrogen and oxygen atoms in total. The molecule has 2 aliphatic heterocycles. The molecule has 2 N–H and O–H groups in total. The number of pyridine rings is 2. The van der Waals surface area contributed by atoms with Crippen molar-refractivity contribution in [1.82, 2.24) is 28.5 Å². The molecule has 2 aliphatic rings. The highest BCUT2D eigenvalue weighted by Gasteiger charge is 2.29. The summed E-state index contributed by atoms with van der Waals surface area (Å²) in [5.74, 6) is 0.337. The van der Waals surface area contributed by atoms with Crippen LogP contribution in [0.3, 0.4) is 0 Å². The van der Waals surface area contributed by atoms with Crippen LogP contribution < -0.4 is 11.4 Å². The molecule has 4 aromatic rings. The van der Waals surface area contributed by atoms with Crippen LogP contribution in [0.15, 0.2) is 56.2 Å². The van der Waals surface area contributed by atoms with Crippen LogP contribution in [0.1, 0.15) is 62.3 Å². The summed E-state index contributed by atoms with van der Waals surface area (Å²) in [6.45, 7) is 7.00. The van der Waals surface area contributed by atoms with Gasteiger partial charge in [0, 0.05) is 59.2 Å². The first-order valence-corrected chi connectivity index (χ1v) is 12.7. The number of aliphatic imine (C=N–C) groups is 2. The Morgan fingerprint density at radius 3 is 1.48 bits per heavy atom. The minimum Gasteiger partial charge on any atom is -0.493 e. The average Bonchev–Trinajstić information content (AvgIpc) is 3.64. The molecule has 0 aliphatic carbocycles. The summed E-state index contributed by atoms with van der Waals surface area (Å²) in [4.78, 5) is 44.9. The maximum Gasteiger partial charge on any atom is 0.351 e. The molecule has 40 heavy (non-hydrogen) atoms. The molecule has 0 spiro atoms. The van der Waals surface area contributed by atoms with Gasteiger partial charge in [-0.2, -0.15) is 9.35 Å². The third-order valence-electron chi connectivity index (χ3n) is 6.81. The third-order valence-corrected chi connectivity index (χ3v) is 6.81. The maximum absolute atomic E-state index is 13.9. The summed E-state index contributed by atoms with van der Waals surface area (Å²) in [6, 6.07) is 6.31. The molecule has 0 radical (unpaired) electrons. The Labute approximate surface area is 227 Å². The van der Waals surface area contributed by atoms with Gasteiger partial charge >= 0.3 is 11.4 Å². The smallest absolute Gasteiger partial charge is 0.351 e. The van der Waals surface area contributed by atoms with Crippen molar-refractivity contribution >= 4 is 47.4 Å². The van der Waals surface area contributed by atoms with Crippen LogP contribution in [0.2, 0.25) is 0 Å². The highest BCUT2D eigenvalue weighted by atomic mass is 16.3. The van der Waals surface area contributed by atoms with E-state index in [1.807, 2.05) is 12.1 Å². The quantitative estimate of drug-likeness (QED) is 0.395. The van der Waals surface area contributed by atoms with Crippen LogP contribution in [0.4, 0.5) is 11.6 Å². The Hall–Kier alpha value is -5.26. The van der Waals surface area contributed by atoms with Crippen molar-refractivity contribution in [3.8, 4) is 11.8 Å². The first-order chi connectivity index (χ1) is 19.2. The number of allylic oxidation sites excluding steroid dienone is 2. The van der Waals surface area contributed by atoms with Crippen molar-refractivity contribution < 1.29 is 10.2 Å². The minimum atomic E-state index is -0.662. The maximum atomic E-state index is 13.9. The molecule has 0 saturated carbocycles. The molecule has 4 aromatic heterocycles. The molecule has 0 bridgehead atoms. The van der Waals surface area contributed by atoms with Crippen LogP contribution >= 0.6 is 0 Å². The van der Waals surface area contributed by atoms with E-state index in [-0.39, 0.29) is 23.1 Å². The highest BCUT2D eigenvalue weighted by molar-refractivity contribution is 6.21. The molecule has 6 heterocycles. The van der Waals surface area contributed by atoms with E-state index in [1.54, 1.807) is 76.8 Å². The second kappa shape index (κ2) is 9.19. The number of hydrogen-bond donors (Lipinski definition) is 2. The van der Waals surface area contributed by atoms with Crippen molar-refractivity contribution in [3.63, 3.8) is 0 Å². The number of rotatable bonds is 5. The van der Waals surface area contributed by atoms with Crippen LogP contribution in [-0.2, 0) is 0 Å². The number of aromatic hydroxyl groups is 2. The van der Waals surface area contributed by atoms with Gasteiger partial charge in [-0.25, -0.2) is 29.5 Å². The molecule has 12 heteroatoms. The first kappa shape index (κ1) is 25.0. The second-order valence-corrected chi connectivity index (χ2v) is 10.00. The van der Waals surface area contributed by atoms with E-state index in [1.165, 1.54) is 9.13 Å². The van der Waals surface area contributed by atoms with Crippen molar-refractivity contribution in [2.45, 2.75) is 39.8 Å². The second-order valence-electron chi connectivity index (χ2n) is 10.00. The summed E-state index contributed by atoms with van der Waals surface area (Å²) in [5, 5.41) is 22.6. The van der Waals surface area contributed by atoms with Gasteiger partial charge in [-0.1, -0.05) is 0 Å². The lowest BCUT2D eigenvalue weighted by Gasteiger charge is -2.08. The SMILES string of the molecule is CC(C)n1c(O)c(C=C2C=Nc3ncccc32)n(-n2c(C=C3C=Nc4ncccc43)c(O)n(C(C)C)c2=O)c1=O. The predicted octanol–water partition coefficient (Wildman–Crippen LogP) is 3.80. The van der Waals surface area contributed by atoms with Gasteiger partial charge in [0.05, 0.1) is 0 Å². The average molecular weight is 539 g/mol. The van der Waals surface area contributed by atoms with Gasteiger partial charge in [0.15, 0.2) is 11.6 Å². The van der Waals surface area contributed by atoms with E-state index in [9.17, 15) is 19.8 Å². The zero-order valence-corrected chi connectivity index (χ0v) is 22.2. The molecular weight excluding hydrogens is 512 g/mol. The Balaban J connectivity index is 1.67. The molecule has 0 unspecified atom stereocenters. The van der Waals surface area contributed by atoms with Crippen LogP contribution in [0, 0.1) is 0 Å². The number of hydrogen-bond acceptors (Lipinski definition) is 8. The summed E-state index contributed by atoms with van der Waals surface area (Å²) in [5.41, 5.74) is 1.37. The lowest BCUT2D eigenvalue weighted by Crippen LogP contribution is -2.38. The van der Waals surface area contributed by atoms with E-state index in [2.05, 4.69) is 20.0 Å². The van der Waals surface area contributed by atoms with Gasteiger partial charge in [-0.15, -0.1) is 0 Å². The minimum absolute atomic E-state index is 0.0432. The van der Waals surface area contributed by atoms with E-state index >= 15 is 0 Å². The van der Waals surface area contributed by atoms with E-state index < -0.39 is 23.5 Å². The Bertz CT molecular complexity index is 1790. The van der Waals surface area contributed by atoms with Crippen LogP contribution in [0.5, 0.6) is 11.8 Å².